The van der Waals surface area contributed by atoms with Crippen LogP contribution in [0.4, 0.5) is 0 Å². The number of aliphatic imine (C=N–C) groups is 1. The average Bonchev–Trinajstić information content (AvgIpc) is 3.42. The molecule has 160 valence electrons. The van der Waals surface area contributed by atoms with Crippen LogP contribution in [-0.4, -0.2) is 57.5 Å². The van der Waals surface area contributed by atoms with E-state index in [1.807, 2.05) is 18.2 Å². The van der Waals surface area contributed by atoms with Crippen LogP contribution in [0.2, 0.25) is 0 Å². The van der Waals surface area contributed by atoms with Gasteiger partial charge in [-0.15, -0.1) is 35.3 Å². The standard InChI is InChI=1S/C21H30N4O2S.HI/c1-22-21(23-10-5-12-26-14-17-9-13-27-15-17)24-11-8-19-16-28-20(25-19)18-6-3-2-4-7-18;/h2-4,6-7,16-17H,5,8-15H2,1H3,(H2,22,23,24);1H. The molecule has 1 unspecified atom stereocenters. The predicted molar refractivity (Wildman–Crippen MR) is 130 cm³/mol. The van der Waals surface area contributed by atoms with Gasteiger partial charge in [-0.2, -0.15) is 0 Å². The number of aromatic nitrogens is 1. The van der Waals surface area contributed by atoms with Gasteiger partial charge in [-0.05, 0) is 12.8 Å². The van der Waals surface area contributed by atoms with E-state index in [-0.39, 0.29) is 24.0 Å². The lowest BCUT2D eigenvalue weighted by atomic mass is 10.1. The summed E-state index contributed by atoms with van der Waals surface area (Å²) in [6.07, 6.45) is 2.96. The topological polar surface area (TPSA) is 67.8 Å². The zero-order valence-electron chi connectivity index (χ0n) is 16.9. The largest absolute Gasteiger partial charge is 0.381 e. The van der Waals surface area contributed by atoms with Crippen LogP contribution in [0.1, 0.15) is 18.5 Å². The summed E-state index contributed by atoms with van der Waals surface area (Å²) in [6.45, 7) is 4.95. The molecule has 0 saturated carbocycles. The Kier molecular flexibility index (Phi) is 11.5. The maximum Gasteiger partial charge on any atom is 0.190 e. The number of halogens is 1. The highest BCUT2D eigenvalue weighted by atomic mass is 127. The number of ether oxygens (including phenoxy) is 2. The third-order valence-corrected chi connectivity index (χ3v) is 5.55. The molecule has 1 aromatic carbocycles. The Morgan fingerprint density at radius 1 is 1.28 bits per heavy atom. The lowest BCUT2D eigenvalue weighted by Crippen LogP contribution is -2.39. The first-order chi connectivity index (χ1) is 13.8. The summed E-state index contributed by atoms with van der Waals surface area (Å²) in [6, 6.07) is 10.3. The molecule has 8 heteroatoms. The molecular weight excluding hydrogens is 499 g/mol. The fraction of sp³-hybridized carbons (Fsp3) is 0.524. The van der Waals surface area contributed by atoms with Crippen LogP contribution in [0, 0.1) is 5.92 Å². The smallest absolute Gasteiger partial charge is 0.190 e. The second kappa shape index (κ2) is 13.9. The van der Waals surface area contributed by atoms with E-state index in [4.69, 9.17) is 14.5 Å². The van der Waals surface area contributed by atoms with Gasteiger partial charge in [-0.1, -0.05) is 30.3 Å². The summed E-state index contributed by atoms with van der Waals surface area (Å²) in [7, 11) is 1.79. The van der Waals surface area contributed by atoms with Gasteiger partial charge >= 0.3 is 0 Å². The quantitative estimate of drug-likeness (QED) is 0.213. The number of nitrogens with one attached hydrogen (secondary N) is 2. The first-order valence-electron chi connectivity index (χ1n) is 9.95. The van der Waals surface area contributed by atoms with Crippen LogP contribution in [0.5, 0.6) is 0 Å². The molecule has 0 amide bonds. The summed E-state index contributed by atoms with van der Waals surface area (Å²) in [5.74, 6) is 1.40. The summed E-state index contributed by atoms with van der Waals surface area (Å²) in [4.78, 5) is 9.00. The third kappa shape index (κ3) is 8.57. The molecule has 1 aliphatic heterocycles. The van der Waals surface area contributed by atoms with Crippen molar-refractivity contribution in [2.24, 2.45) is 10.9 Å². The van der Waals surface area contributed by atoms with Gasteiger partial charge < -0.3 is 20.1 Å². The Bertz CT molecular complexity index is 720. The predicted octanol–water partition coefficient (Wildman–Crippen LogP) is 3.58. The molecule has 0 aliphatic carbocycles. The minimum absolute atomic E-state index is 0. The van der Waals surface area contributed by atoms with Crippen molar-refractivity contribution >= 4 is 41.3 Å². The molecule has 1 aromatic heterocycles. The van der Waals surface area contributed by atoms with Crippen molar-refractivity contribution in [3.8, 4) is 10.6 Å². The number of benzene rings is 1. The van der Waals surface area contributed by atoms with E-state index >= 15 is 0 Å². The van der Waals surface area contributed by atoms with Crippen molar-refractivity contribution in [3.05, 3.63) is 41.4 Å². The van der Waals surface area contributed by atoms with Crippen molar-refractivity contribution < 1.29 is 9.47 Å². The highest BCUT2D eigenvalue weighted by molar-refractivity contribution is 14.0. The Labute approximate surface area is 194 Å². The monoisotopic (exact) mass is 530 g/mol. The minimum atomic E-state index is 0. The molecule has 2 heterocycles. The van der Waals surface area contributed by atoms with Crippen LogP contribution in [0.25, 0.3) is 10.6 Å². The Morgan fingerprint density at radius 3 is 2.86 bits per heavy atom. The molecule has 2 aromatic rings. The number of hydrogen-bond donors (Lipinski definition) is 2. The molecule has 29 heavy (non-hydrogen) atoms. The third-order valence-electron chi connectivity index (χ3n) is 4.61. The van der Waals surface area contributed by atoms with Crippen molar-refractivity contribution in [3.63, 3.8) is 0 Å². The summed E-state index contributed by atoms with van der Waals surface area (Å²) >= 11 is 1.69. The summed E-state index contributed by atoms with van der Waals surface area (Å²) in [5, 5.41) is 9.88. The summed E-state index contributed by atoms with van der Waals surface area (Å²) < 4.78 is 11.1. The van der Waals surface area contributed by atoms with Crippen LogP contribution in [-0.2, 0) is 15.9 Å². The number of hydrogen-bond acceptors (Lipinski definition) is 5. The Morgan fingerprint density at radius 2 is 2.10 bits per heavy atom. The van der Waals surface area contributed by atoms with E-state index < -0.39 is 0 Å². The zero-order chi connectivity index (χ0) is 19.4. The molecular formula is C21H31IN4O2S. The number of nitrogens with zero attached hydrogens (tertiary/aromatic N) is 2. The van der Waals surface area contributed by atoms with E-state index in [0.29, 0.717) is 5.92 Å². The fourth-order valence-corrected chi connectivity index (χ4v) is 3.87. The average molecular weight is 530 g/mol. The SMILES string of the molecule is CN=C(NCCCOCC1CCOC1)NCCc1csc(-c2ccccc2)n1.I. The van der Waals surface area contributed by atoms with Gasteiger partial charge in [0.15, 0.2) is 5.96 Å². The van der Waals surface area contributed by atoms with E-state index in [1.165, 1.54) is 5.56 Å². The molecule has 3 rings (SSSR count). The molecule has 0 bridgehead atoms. The molecule has 1 saturated heterocycles. The van der Waals surface area contributed by atoms with Gasteiger partial charge in [-0.25, -0.2) is 4.98 Å². The maximum atomic E-state index is 5.72. The molecule has 6 nitrogen and oxygen atoms in total. The Hall–Kier alpha value is -1.23. The number of thiazole rings is 1. The molecule has 1 atom stereocenters. The normalized spacial score (nSPS) is 16.4. The van der Waals surface area contributed by atoms with Crippen molar-refractivity contribution in [1.29, 1.82) is 0 Å². The van der Waals surface area contributed by atoms with Gasteiger partial charge in [0.1, 0.15) is 5.01 Å². The first-order valence-corrected chi connectivity index (χ1v) is 10.8. The lowest BCUT2D eigenvalue weighted by Gasteiger charge is -2.12. The highest BCUT2D eigenvalue weighted by Gasteiger charge is 2.15. The molecule has 0 radical (unpaired) electrons. The first kappa shape index (κ1) is 24.0. The van der Waals surface area contributed by atoms with E-state index in [9.17, 15) is 0 Å². The highest BCUT2D eigenvalue weighted by Crippen LogP contribution is 2.23. The lowest BCUT2D eigenvalue weighted by molar-refractivity contribution is 0.0888. The van der Waals surface area contributed by atoms with Gasteiger partial charge in [0.2, 0.25) is 0 Å². The molecule has 2 N–H and O–H groups in total. The number of guanidine groups is 1. The molecule has 0 spiro atoms. The molecule has 1 aliphatic rings. The second-order valence-corrected chi connectivity index (χ2v) is 7.70. The zero-order valence-corrected chi connectivity index (χ0v) is 20.1. The van der Waals surface area contributed by atoms with Crippen molar-refractivity contribution in [1.82, 2.24) is 15.6 Å². The van der Waals surface area contributed by atoms with Crippen LogP contribution in [0.3, 0.4) is 0 Å². The van der Waals surface area contributed by atoms with E-state index in [0.717, 1.165) is 75.4 Å². The summed E-state index contributed by atoms with van der Waals surface area (Å²) in [5.41, 5.74) is 2.28. The maximum absolute atomic E-state index is 5.72. The van der Waals surface area contributed by atoms with E-state index in [2.05, 4.69) is 33.1 Å². The van der Waals surface area contributed by atoms with Gasteiger partial charge in [0.25, 0.3) is 0 Å². The van der Waals surface area contributed by atoms with Crippen molar-refractivity contribution in [2.75, 3.05) is 46.6 Å². The molecule has 1 fully saturated rings. The van der Waals surface area contributed by atoms with Crippen LogP contribution < -0.4 is 10.6 Å². The minimum Gasteiger partial charge on any atom is -0.381 e. The van der Waals surface area contributed by atoms with E-state index in [1.54, 1.807) is 18.4 Å². The fourth-order valence-electron chi connectivity index (χ4n) is 3.01. The Balaban J connectivity index is 0.00000300. The van der Waals surface area contributed by atoms with Crippen LogP contribution >= 0.6 is 35.3 Å². The van der Waals surface area contributed by atoms with Gasteiger partial charge in [0.05, 0.1) is 18.9 Å². The van der Waals surface area contributed by atoms with Gasteiger partial charge in [0, 0.05) is 56.6 Å². The van der Waals surface area contributed by atoms with Gasteiger partial charge in [-0.3, -0.25) is 4.99 Å². The van der Waals surface area contributed by atoms with Crippen LogP contribution in [0.15, 0.2) is 40.7 Å². The second-order valence-electron chi connectivity index (χ2n) is 6.84. The number of rotatable bonds is 10. The van der Waals surface area contributed by atoms with Crippen molar-refractivity contribution in [2.45, 2.75) is 19.3 Å².